The number of hydrogen-bond acceptors (Lipinski definition) is 5. The van der Waals surface area contributed by atoms with E-state index in [2.05, 4.69) is 5.10 Å². The molecule has 1 fully saturated rings. The number of ether oxygens (including phenoxy) is 1. The zero-order valence-electron chi connectivity index (χ0n) is 14.7. The van der Waals surface area contributed by atoms with Crippen molar-refractivity contribution in [2.75, 3.05) is 19.8 Å². The predicted molar refractivity (Wildman–Crippen MR) is 94.1 cm³/mol. The van der Waals surface area contributed by atoms with Crippen LogP contribution in [0.1, 0.15) is 24.3 Å². The van der Waals surface area contributed by atoms with E-state index in [0.29, 0.717) is 17.3 Å². The number of carboxylic acid groups (broad SMARTS) is 1. The van der Waals surface area contributed by atoms with E-state index in [9.17, 15) is 19.5 Å². The Bertz CT molecular complexity index is 905. The summed E-state index contributed by atoms with van der Waals surface area (Å²) in [7, 11) is 0. The van der Waals surface area contributed by atoms with Crippen LogP contribution in [0.25, 0.3) is 10.8 Å². The molecule has 0 aliphatic carbocycles. The smallest absolute Gasteiger partial charge is 0.328 e. The van der Waals surface area contributed by atoms with E-state index in [1.165, 1.54) is 9.58 Å². The lowest BCUT2D eigenvalue weighted by Gasteiger charge is -2.32. The summed E-state index contributed by atoms with van der Waals surface area (Å²) in [6.45, 7) is 4.63. The molecule has 0 spiro atoms. The Hall–Kier alpha value is -2.74. The lowest BCUT2D eigenvalue weighted by Crippen LogP contribution is -2.53. The van der Waals surface area contributed by atoms with Gasteiger partial charge >= 0.3 is 5.97 Å². The second kappa shape index (κ2) is 7.25. The fourth-order valence-electron chi connectivity index (χ4n) is 3.05. The first kappa shape index (κ1) is 18.1. The van der Waals surface area contributed by atoms with Gasteiger partial charge in [0.1, 0.15) is 0 Å². The van der Waals surface area contributed by atoms with E-state index in [0.717, 1.165) is 0 Å². The van der Waals surface area contributed by atoms with E-state index < -0.39 is 17.9 Å². The first-order valence-electron chi connectivity index (χ1n) is 8.51. The first-order valence-corrected chi connectivity index (χ1v) is 8.51. The SMILES string of the molecule is CC(C)Cn1nc(C(=O)N2CCOCC2C(=O)O)c2ccccc2c1=O. The Kier molecular flexibility index (Phi) is 5.03. The van der Waals surface area contributed by atoms with Gasteiger partial charge in [-0.1, -0.05) is 32.0 Å². The number of rotatable bonds is 4. The fourth-order valence-corrected chi connectivity index (χ4v) is 3.05. The molecule has 26 heavy (non-hydrogen) atoms. The second-order valence-corrected chi connectivity index (χ2v) is 6.70. The van der Waals surface area contributed by atoms with Gasteiger partial charge in [0.25, 0.3) is 11.5 Å². The Morgan fingerprint density at radius 3 is 2.65 bits per heavy atom. The molecule has 2 heterocycles. The number of fused-ring (bicyclic) bond motifs is 1. The minimum absolute atomic E-state index is 0.0648. The summed E-state index contributed by atoms with van der Waals surface area (Å²) in [4.78, 5) is 38.5. The Balaban J connectivity index is 2.13. The van der Waals surface area contributed by atoms with Crippen LogP contribution in [0.5, 0.6) is 0 Å². The number of morpholine rings is 1. The summed E-state index contributed by atoms with van der Waals surface area (Å²) in [5.74, 6) is -1.47. The molecule has 1 amide bonds. The van der Waals surface area contributed by atoms with Crippen LogP contribution >= 0.6 is 0 Å². The summed E-state index contributed by atoms with van der Waals surface area (Å²) in [5.41, 5.74) is -0.170. The van der Waals surface area contributed by atoms with Crippen molar-refractivity contribution >= 4 is 22.6 Å². The van der Waals surface area contributed by atoms with Gasteiger partial charge in [-0.3, -0.25) is 9.59 Å². The number of aromatic nitrogens is 2. The highest BCUT2D eigenvalue weighted by atomic mass is 16.5. The highest BCUT2D eigenvalue weighted by Gasteiger charge is 2.35. The van der Waals surface area contributed by atoms with Crippen LogP contribution in [0.2, 0.25) is 0 Å². The quantitative estimate of drug-likeness (QED) is 0.873. The van der Waals surface area contributed by atoms with Gasteiger partial charge in [-0.2, -0.15) is 5.10 Å². The minimum atomic E-state index is -1.13. The molecular formula is C18H21N3O5. The Labute approximate surface area is 150 Å². The minimum Gasteiger partial charge on any atom is -0.480 e. The molecule has 0 radical (unpaired) electrons. The zero-order chi connectivity index (χ0) is 18.8. The number of aliphatic carboxylic acids is 1. The van der Waals surface area contributed by atoms with Gasteiger partial charge < -0.3 is 14.7 Å². The lowest BCUT2D eigenvalue weighted by molar-refractivity contribution is -0.147. The third kappa shape index (κ3) is 3.32. The standard InChI is InChI=1S/C18H21N3O5/c1-11(2)9-21-16(22)13-6-4-3-5-12(13)15(19-21)17(23)20-7-8-26-10-14(20)18(24)25/h3-6,11,14H,7-10H2,1-2H3,(H,24,25). The van der Waals surface area contributed by atoms with Crippen molar-refractivity contribution in [2.45, 2.75) is 26.4 Å². The van der Waals surface area contributed by atoms with Gasteiger partial charge in [0, 0.05) is 18.5 Å². The molecule has 0 bridgehead atoms. The van der Waals surface area contributed by atoms with Crippen molar-refractivity contribution in [2.24, 2.45) is 5.92 Å². The highest BCUT2D eigenvalue weighted by Crippen LogP contribution is 2.18. The summed E-state index contributed by atoms with van der Waals surface area (Å²) in [6, 6.07) is 5.70. The molecular weight excluding hydrogens is 338 g/mol. The number of carbonyl (C=O) groups is 2. The van der Waals surface area contributed by atoms with E-state index in [1.807, 2.05) is 13.8 Å². The predicted octanol–water partition coefficient (Wildman–Crippen LogP) is 0.978. The molecule has 1 atom stereocenters. The third-order valence-electron chi connectivity index (χ3n) is 4.28. The fraction of sp³-hybridized carbons (Fsp3) is 0.444. The van der Waals surface area contributed by atoms with E-state index in [4.69, 9.17) is 4.74 Å². The Morgan fingerprint density at radius 2 is 2.00 bits per heavy atom. The molecule has 1 aromatic heterocycles. The molecule has 8 nitrogen and oxygen atoms in total. The van der Waals surface area contributed by atoms with Gasteiger partial charge in [-0.15, -0.1) is 0 Å². The van der Waals surface area contributed by atoms with E-state index in [-0.39, 0.29) is 36.9 Å². The van der Waals surface area contributed by atoms with Crippen LogP contribution in [-0.4, -0.2) is 57.5 Å². The van der Waals surface area contributed by atoms with Crippen LogP contribution in [0.3, 0.4) is 0 Å². The van der Waals surface area contributed by atoms with Crippen LogP contribution in [0.15, 0.2) is 29.1 Å². The maximum absolute atomic E-state index is 13.1. The number of nitrogens with zero attached hydrogens (tertiary/aromatic N) is 3. The monoisotopic (exact) mass is 359 g/mol. The summed E-state index contributed by atoms with van der Waals surface area (Å²) in [5, 5.41) is 14.5. The average Bonchev–Trinajstić information content (AvgIpc) is 2.63. The van der Waals surface area contributed by atoms with Gasteiger partial charge in [-0.05, 0) is 12.0 Å². The van der Waals surface area contributed by atoms with Crippen molar-refractivity contribution in [1.29, 1.82) is 0 Å². The average molecular weight is 359 g/mol. The van der Waals surface area contributed by atoms with Gasteiger partial charge in [0.15, 0.2) is 11.7 Å². The largest absolute Gasteiger partial charge is 0.480 e. The topological polar surface area (TPSA) is 102 Å². The molecule has 1 aliphatic rings. The van der Waals surface area contributed by atoms with Gasteiger partial charge in [-0.25, -0.2) is 9.48 Å². The molecule has 1 unspecified atom stereocenters. The molecule has 0 saturated carbocycles. The maximum Gasteiger partial charge on any atom is 0.328 e. The summed E-state index contributed by atoms with van der Waals surface area (Å²) >= 11 is 0. The van der Waals surface area contributed by atoms with Crippen molar-refractivity contribution in [3.05, 3.63) is 40.3 Å². The number of carbonyl (C=O) groups excluding carboxylic acids is 1. The lowest BCUT2D eigenvalue weighted by atomic mass is 10.1. The molecule has 138 valence electrons. The molecule has 2 aromatic rings. The van der Waals surface area contributed by atoms with E-state index >= 15 is 0 Å². The molecule has 1 N–H and O–H groups in total. The second-order valence-electron chi connectivity index (χ2n) is 6.70. The normalized spacial score (nSPS) is 17.7. The van der Waals surface area contributed by atoms with Gasteiger partial charge in [0.05, 0.1) is 18.6 Å². The van der Waals surface area contributed by atoms with E-state index in [1.54, 1.807) is 24.3 Å². The number of amides is 1. The number of hydrogen-bond donors (Lipinski definition) is 1. The summed E-state index contributed by atoms with van der Waals surface area (Å²) in [6.07, 6.45) is 0. The molecule has 1 saturated heterocycles. The van der Waals surface area contributed by atoms with Crippen molar-refractivity contribution in [3.8, 4) is 0 Å². The van der Waals surface area contributed by atoms with Crippen LogP contribution in [0, 0.1) is 5.92 Å². The molecule has 1 aromatic carbocycles. The van der Waals surface area contributed by atoms with Crippen LogP contribution in [0.4, 0.5) is 0 Å². The molecule has 3 rings (SSSR count). The highest BCUT2D eigenvalue weighted by molar-refractivity contribution is 6.05. The maximum atomic E-state index is 13.1. The van der Waals surface area contributed by atoms with Crippen LogP contribution < -0.4 is 5.56 Å². The third-order valence-corrected chi connectivity index (χ3v) is 4.28. The van der Waals surface area contributed by atoms with Crippen molar-refractivity contribution in [3.63, 3.8) is 0 Å². The van der Waals surface area contributed by atoms with Crippen molar-refractivity contribution in [1.82, 2.24) is 14.7 Å². The zero-order valence-corrected chi connectivity index (χ0v) is 14.7. The first-order chi connectivity index (χ1) is 12.4. The molecule has 1 aliphatic heterocycles. The summed E-state index contributed by atoms with van der Waals surface area (Å²) < 4.78 is 6.48. The molecule has 8 heteroatoms. The van der Waals surface area contributed by atoms with Gasteiger partial charge in [0.2, 0.25) is 0 Å². The number of benzene rings is 1. The van der Waals surface area contributed by atoms with Crippen molar-refractivity contribution < 1.29 is 19.4 Å². The van der Waals surface area contributed by atoms with Crippen LogP contribution in [-0.2, 0) is 16.1 Å². The number of carboxylic acids is 1. The Morgan fingerprint density at radius 1 is 1.31 bits per heavy atom.